The Bertz CT molecular complexity index is 507. The predicted octanol–water partition coefficient (Wildman–Crippen LogP) is -0.364. The molecule has 6 nitrogen and oxygen atoms in total. The zero-order valence-electron chi connectivity index (χ0n) is 10.9. The molecule has 0 spiro atoms. The molecule has 1 aromatic rings. The van der Waals surface area contributed by atoms with E-state index in [-0.39, 0.29) is 11.1 Å². The lowest BCUT2D eigenvalue weighted by Crippen LogP contribution is -2.44. The molecule has 0 bridgehead atoms. The second-order valence-electron chi connectivity index (χ2n) is 4.75. The molecular formula is C13H18N4O2. The number of amides is 2. The Hall–Kier alpha value is -2.08. The van der Waals surface area contributed by atoms with Crippen molar-refractivity contribution < 1.29 is 9.59 Å². The van der Waals surface area contributed by atoms with Crippen molar-refractivity contribution in [3.05, 3.63) is 29.3 Å². The van der Waals surface area contributed by atoms with E-state index < -0.39 is 11.8 Å². The number of piperazine rings is 1. The standard InChI is InChI=1S/C13H18N4O2/c1-16-4-6-17(7-5-16)9-2-3-10(12(14)18)11(8-9)13(15)19/h2-3,8H,4-7H2,1H3,(H2,14,18)(H2,15,19). The van der Waals surface area contributed by atoms with E-state index in [0.29, 0.717) is 0 Å². The molecule has 1 heterocycles. The molecule has 19 heavy (non-hydrogen) atoms. The second kappa shape index (κ2) is 5.27. The summed E-state index contributed by atoms with van der Waals surface area (Å²) < 4.78 is 0. The number of benzene rings is 1. The van der Waals surface area contributed by atoms with Gasteiger partial charge in [0.1, 0.15) is 0 Å². The van der Waals surface area contributed by atoms with Crippen LogP contribution in [0.4, 0.5) is 5.69 Å². The van der Waals surface area contributed by atoms with Gasteiger partial charge in [0, 0.05) is 31.9 Å². The van der Waals surface area contributed by atoms with Crippen LogP contribution in [0.1, 0.15) is 20.7 Å². The molecule has 0 saturated carbocycles. The number of carbonyl (C=O) groups is 2. The minimum absolute atomic E-state index is 0.172. The van der Waals surface area contributed by atoms with E-state index in [2.05, 4.69) is 16.8 Å². The van der Waals surface area contributed by atoms with E-state index >= 15 is 0 Å². The zero-order chi connectivity index (χ0) is 14.0. The summed E-state index contributed by atoms with van der Waals surface area (Å²) in [7, 11) is 2.07. The van der Waals surface area contributed by atoms with E-state index in [9.17, 15) is 9.59 Å². The normalized spacial score (nSPS) is 16.4. The fourth-order valence-corrected chi connectivity index (χ4v) is 2.21. The Morgan fingerprint density at radius 1 is 1.00 bits per heavy atom. The summed E-state index contributed by atoms with van der Waals surface area (Å²) in [6, 6.07) is 5.02. The van der Waals surface area contributed by atoms with Crippen LogP contribution in [0, 0.1) is 0 Å². The van der Waals surface area contributed by atoms with E-state index in [1.54, 1.807) is 18.2 Å². The van der Waals surface area contributed by atoms with Crippen LogP contribution in [0.3, 0.4) is 0 Å². The van der Waals surface area contributed by atoms with Crippen molar-refractivity contribution in [2.24, 2.45) is 11.5 Å². The molecule has 0 aromatic heterocycles. The fourth-order valence-electron chi connectivity index (χ4n) is 2.21. The smallest absolute Gasteiger partial charge is 0.249 e. The van der Waals surface area contributed by atoms with Gasteiger partial charge in [0.05, 0.1) is 11.1 Å². The topological polar surface area (TPSA) is 92.7 Å². The van der Waals surface area contributed by atoms with Gasteiger partial charge in [-0.1, -0.05) is 0 Å². The Morgan fingerprint density at radius 2 is 1.58 bits per heavy atom. The third kappa shape index (κ3) is 2.85. The molecule has 2 rings (SSSR count). The summed E-state index contributed by atoms with van der Waals surface area (Å²) in [6.45, 7) is 3.68. The second-order valence-corrected chi connectivity index (χ2v) is 4.75. The average molecular weight is 262 g/mol. The number of nitrogens with zero attached hydrogens (tertiary/aromatic N) is 2. The van der Waals surface area contributed by atoms with E-state index in [4.69, 9.17) is 11.5 Å². The van der Waals surface area contributed by atoms with Crippen molar-refractivity contribution in [3.8, 4) is 0 Å². The first-order chi connectivity index (χ1) is 8.99. The van der Waals surface area contributed by atoms with E-state index in [0.717, 1.165) is 31.9 Å². The number of rotatable bonds is 3. The Balaban J connectivity index is 2.30. The number of hydrogen-bond acceptors (Lipinski definition) is 4. The highest BCUT2D eigenvalue weighted by atomic mass is 16.2. The SMILES string of the molecule is CN1CCN(c2ccc(C(N)=O)c(C(N)=O)c2)CC1. The van der Waals surface area contributed by atoms with Crippen LogP contribution >= 0.6 is 0 Å². The van der Waals surface area contributed by atoms with Gasteiger partial charge < -0.3 is 21.3 Å². The molecule has 102 valence electrons. The van der Waals surface area contributed by atoms with Crippen LogP contribution in [0.2, 0.25) is 0 Å². The number of anilines is 1. The average Bonchev–Trinajstić information content (AvgIpc) is 2.38. The molecule has 1 aromatic carbocycles. The summed E-state index contributed by atoms with van der Waals surface area (Å²) in [5.41, 5.74) is 11.8. The summed E-state index contributed by atoms with van der Waals surface area (Å²) in [5.74, 6) is -1.27. The van der Waals surface area contributed by atoms with Crippen LogP contribution < -0.4 is 16.4 Å². The third-order valence-corrected chi connectivity index (χ3v) is 3.40. The van der Waals surface area contributed by atoms with Crippen molar-refractivity contribution in [1.29, 1.82) is 0 Å². The predicted molar refractivity (Wildman–Crippen MR) is 73.2 cm³/mol. The molecule has 1 aliphatic heterocycles. The van der Waals surface area contributed by atoms with Crippen LogP contribution in [0.25, 0.3) is 0 Å². The summed E-state index contributed by atoms with van der Waals surface area (Å²) >= 11 is 0. The molecule has 0 aliphatic carbocycles. The number of nitrogens with two attached hydrogens (primary N) is 2. The van der Waals surface area contributed by atoms with Crippen molar-refractivity contribution in [2.45, 2.75) is 0 Å². The van der Waals surface area contributed by atoms with Crippen LogP contribution in [0.15, 0.2) is 18.2 Å². The van der Waals surface area contributed by atoms with Gasteiger partial charge in [-0.25, -0.2) is 0 Å². The Kier molecular flexibility index (Phi) is 3.71. The lowest BCUT2D eigenvalue weighted by atomic mass is 10.0. The monoisotopic (exact) mass is 262 g/mol. The van der Waals surface area contributed by atoms with Gasteiger partial charge in [-0.3, -0.25) is 9.59 Å². The molecular weight excluding hydrogens is 244 g/mol. The van der Waals surface area contributed by atoms with Crippen LogP contribution in [-0.2, 0) is 0 Å². The highest BCUT2D eigenvalue weighted by Crippen LogP contribution is 2.20. The maximum atomic E-state index is 11.4. The van der Waals surface area contributed by atoms with Crippen molar-refractivity contribution >= 4 is 17.5 Å². The number of likely N-dealkylation sites (N-methyl/N-ethyl adjacent to an activating group) is 1. The summed E-state index contributed by atoms with van der Waals surface area (Å²) in [6.07, 6.45) is 0. The Morgan fingerprint density at radius 3 is 2.11 bits per heavy atom. The van der Waals surface area contributed by atoms with Gasteiger partial charge in [0.25, 0.3) is 0 Å². The van der Waals surface area contributed by atoms with Gasteiger partial charge in [-0.05, 0) is 25.2 Å². The van der Waals surface area contributed by atoms with Gasteiger partial charge >= 0.3 is 0 Å². The van der Waals surface area contributed by atoms with Crippen LogP contribution in [0.5, 0.6) is 0 Å². The minimum Gasteiger partial charge on any atom is -0.369 e. The van der Waals surface area contributed by atoms with Gasteiger partial charge in [0.15, 0.2) is 0 Å². The molecule has 1 fully saturated rings. The lowest BCUT2D eigenvalue weighted by molar-refractivity contribution is 0.0967. The largest absolute Gasteiger partial charge is 0.369 e. The molecule has 0 radical (unpaired) electrons. The maximum Gasteiger partial charge on any atom is 0.249 e. The molecule has 2 amide bonds. The van der Waals surface area contributed by atoms with E-state index in [1.807, 2.05) is 0 Å². The number of carbonyl (C=O) groups excluding carboxylic acids is 2. The molecule has 6 heteroatoms. The lowest BCUT2D eigenvalue weighted by Gasteiger charge is -2.34. The zero-order valence-corrected chi connectivity index (χ0v) is 10.9. The quantitative estimate of drug-likeness (QED) is 0.777. The van der Waals surface area contributed by atoms with Crippen LogP contribution in [-0.4, -0.2) is 49.9 Å². The van der Waals surface area contributed by atoms with Crippen molar-refractivity contribution in [3.63, 3.8) is 0 Å². The van der Waals surface area contributed by atoms with Gasteiger partial charge in [0.2, 0.25) is 11.8 Å². The number of primary amides is 2. The van der Waals surface area contributed by atoms with Crippen molar-refractivity contribution in [2.75, 3.05) is 38.1 Å². The van der Waals surface area contributed by atoms with Gasteiger partial charge in [-0.2, -0.15) is 0 Å². The summed E-state index contributed by atoms with van der Waals surface area (Å²) in [5, 5.41) is 0. The first-order valence-electron chi connectivity index (χ1n) is 6.16. The fraction of sp³-hybridized carbons (Fsp3) is 0.385. The first kappa shape index (κ1) is 13.4. The van der Waals surface area contributed by atoms with Crippen molar-refractivity contribution in [1.82, 2.24) is 4.90 Å². The molecule has 1 saturated heterocycles. The van der Waals surface area contributed by atoms with Gasteiger partial charge in [-0.15, -0.1) is 0 Å². The first-order valence-corrected chi connectivity index (χ1v) is 6.16. The third-order valence-electron chi connectivity index (χ3n) is 3.40. The molecule has 0 unspecified atom stereocenters. The van der Waals surface area contributed by atoms with E-state index in [1.165, 1.54) is 0 Å². The molecule has 1 aliphatic rings. The minimum atomic E-state index is -0.640. The maximum absolute atomic E-state index is 11.4. The highest BCUT2D eigenvalue weighted by molar-refractivity contribution is 6.06. The molecule has 4 N–H and O–H groups in total. The molecule has 0 atom stereocenters. The summed E-state index contributed by atoms with van der Waals surface area (Å²) in [4.78, 5) is 27.1. The highest BCUT2D eigenvalue weighted by Gasteiger charge is 2.18. The number of hydrogen-bond donors (Lipinski definition) is 2. The Labute approximate surface area is 112 Å².